The van der Waals surface area contributed by atoms with E-state index in [2.05, 4.69) is 20.7 Å². The molecule has 0 aliphatic rings. The lowest BCUT2D eigenvalue weighted by Gasteiger charge is -2.21. The van der Waals surface area contributed by atoms with Crippen LogP contribution in [0.25, 0.3) is 0 Å². The number of carbonyl (C=O) groups excluding carboxylic acids is 1. The van der Waals surface area contributed by atoms with E-state index in [1.165, 1.54) is 6.92 Å². The monoisotopic (exact) mass is 376 g/mol. The molecule has 1 N–H and O–H groups in total. The molecule has 0 saturated heterocycles. The third-order valence-electron chi connectivity index (χ3n) is 2.94. The smallest absolute Gasteiger partial charge is 0.223 e. The highest BCUT2D eigenvalue weighted by Crippen LogP contribution is 2.18. The van der Waals surface area contributed by atoms with Gasteiger partial charge >= 0.3 is 0 Å². The summed E-state index contributed by atoms with van der Waals surface area (Å²) >= 11 is 3.34. The maximum absolute atomic E-state index is 11.7. The van der Waals surface area contributed by atoms with E-state index in [9.17, 15) is 13.2 Å². The van der Waals surface area contributed by atoms with Crippen LogP contribution >= 0.6 is 15.9 Å². The van der Waals surface area contributed by atoms with E-state index in [0.717, 1.165) is 16.6 Å². The Balaban J connectivity index is 2.61. The first-order chi connectivity index (χ1) is 9.85. The molecule has 0 aliphatic carbocycles. The Kier molecular flexibility index (Phi) is 7.34. The van der Waals surface area contributed by atoms with Gasteiger partial charge in [-0.25, -0.2) is 13.1 Å². The number of carbonyl (C=O) groups is 1. The van der Waals surface area contributed by atoms with Crippen molar-refractivity contribution in [1.82, 2.24) is 4.72 Å². The summed E-state index contributed by atoms with van der Waals surface area (Å²) in [5.41, 5.74) is 0.749. The van der Waals surface area contributed by atoms with Crippen LogP contribution in [0.4, 0.5) is 5.69 Å². The summed E-state index contributed by atoms with van der Waals surface area (Å²) in [6, 6.07) is 7.32. The summed E-state index contributed by atoms with van der Waals surface area (Å²) in [4.78, 5) is 13.2. The molecular formula is C14H21BrN2O3S. The number of rotatable bonds is 8. The van der Waals surface area contributed by atoms with E-state index in [4.69, 9.17) is 0 Å². The molecule has 0 unspecified atom stereocenters. The second-order valence-electron chi connectivity index (χ2n) is 4.71. The molecule has 118 valence electrons. The third-order valence-corrected chi connectivity index (χ3v) is 4.94. The summed E-state index contributed by atoms with van der Waals surface area (Å²) in [6.45, 7) is 3.93. The molecule has 0 saturated carbocycles. The molecule has 1 aromatic carbocycles. The zero-order chi connectivity index (χ0) is 15.9. The molecule has 21 heavy (non-hydrogen) atoms. The van der Waals surface area contributed by atoms with Gasteiger partial charge in [-0.2, -0.15) is 0 Å². The topological polar surface area (TPSA) is 66.5 Å². The van der Waals surface area contributed by atoms with E-state index in [1.54, 1.807) is 4.90 Å². The number of hydrogen-bond donors (Lipinski definition) is 1. The Morgan fingerprint density at radius 1 is 1.29 bits per heavy atom. The van der Waals surface area contributed by atoms with Crippen molar-refractivity contribution in [2.75, 3.05) is 23.7 Å². The molecule has 7 heteroatoms. The number of nitrogens with one attached hydrogen (secondary N) is 1. The van der Waals surface area contributed by atoms with Gasteiger partial charge in [0.15, 0.2) is 0 Å². The molecule has 0 spiro atoms. The average molecular weight is 377 g/mol. The predicted molar refractivity (Wildman–Crippen MR) is 88.9 cm³/mol. The van der Waals surface area contributed by atoms with Gasteiger partial charge in [0.25, 0.3) is 0 Å². The minimum atomic E-state index is -3.25. The van der Waals surface area contributed by atoms with Crippen molar-refractivity contribution in [2.45, 2.75) is 26.7 Å². The summed E-state index contributed by atoms with van der Waals surface area (Å²) in [7, 11) is -3.25. The lowest BCUT2D eigenvalue weighted by molar-refractivity contribution is -0.116. The maximum atomic E-state index is 11.7. The van der Waals surface area contributed by atoms with Crippen LogP contribution in [-0.4, -0.2) is 33.2 Å². The molecule has 0 atom stereocenters. The number of sulfonamides is 1. The number of halogens is 1. The highest BCUT2D eigenvalue weighted by molar-refractivity contribution is 9.10. The number of unbranched alkanes of at least 4 members (excludes halogenated alkanes) is 1. The van der Waals surface area contributed by atoms with Gasteiger partial charge in [-0.15, -0.1) is 0 Å². The SMILES string of the molecule is CCCCS(=O)(=O)NCCN(C(C)=O)c1ccc(Br)cc1. The molecule has 0 aliphatic heterocycles. The third kappa shape index (κ3) is 6.58. The zero-order valence-corrected chi connectivity index (χ0v) is 14.7. The predicted octanol–water partition coefficient (Wildman–Crippen LogP) is 2.52. The van der Waals surface area contributed by atoms with Gasteiger partial charge in [0.2, 0.25) is 15.9 Å². The Morgan fingerprint density at radius 3 is 2.43 bits per heavy atom. The van der Waals surface area contributed by atoms with Crippen molar-refractivity contribution in [2.24, 2.45) is 0 Å². The quantitative estimate of drug-likeness (QED) is 0.757. The van der Waals surface area contributed by atoms with Crippen molar-refractivity contribution < 1.29 is 13.2 Å². The van der Waals surface area contributed by atoms with E-state index in [-0.39, 0.29) is 18.2 Å². The first-order valence-electron chi connectivity index (χ1n) is 6.86. The van der Waals surface area contributed by atoms with Crippen LogP contribution in [0.3, 0.4) is 0 Å². The Hall–Kier alpha value is -0.920. The average Bonchev–Trinajstić information content (AvgIpc) is 2.42. The molecule has 1 aromatic rings. The number of amides is 1. The fourth-order valence-corrected chi connectivity index (χ4v) is 3.29. The van der Waals surface area contributed by atoms with Crippen LogP contribution < -0.4 is 9.62 Å². The second kappa shape index (κ2) is 8.51. The van der Waals surface area contributed by atoms with Crippen molar-refractivity contribution in [3.8, 4) is 0 Å². The van der Waals surface area contributed by atoms with Crippen LogP contribution in [0.15, 0.2) is 28.7 Å². The summed E-state index contributed by atoms with van der Waals surface area (Å²) in [5.74, 6) is 0.00654. The summed E-state index contributed by atoms with van der Waals surface area (Å²) < 4.78 is 26.9. The lowest BCUT2D eigenvalue weighted by atomic mass is 10.3. The van der Waals surface area contributed by atoms with E-state index >= 15 is 0 Å². The first kappa shape index (κ1) is 18.1. The van der Waals surface area contributed by atoms with E-state index in [1.807, 2.05) is 31.2 Å². The summed E-state index contributed by atoms with van der Waals surface area (Å²) in [6.07, 6.45) is 1.47. The number of hydrogen-bond acceptors (Lipinski definition) is 3. The molecular weight excluding hydrogens is 356 g/mol. The van der Waals surface area contributed by atoms with Crippen molar-refractivity contribution in [3.63, 3.8) is 0 Å². The van der Waals surface area contributed by atoms with Crippen LogP contribution in [0.1, 0.15) is 26.7 Å². The molecule has 0 fully saturated rings. The minimum Gasteiger partial charge on any atom is -0.311 e. The largest absolute Gasteiger partial charge is 0.311 e. The van der Waals surface area contributed by atoms with Crippen molar-refractivity contribution >= 4 is 37.5 Å². The van der Waals surface area contributed by atoms with E-state index < -0.39 is 10.0 Å². The van der Waals surface area contributed by atoms with Crippen LogP contribution in [0.5, 0.6) is 0 Å². The molecule has 1 rings (SSSR count). The van der Waals surface area contributed by atoms with Gasteiger partial charge in [-0.05, 0) is 30.7 Å². The highest BCUT2D eigenvalue weighted by Gasteiger charge is 2.13. The Labute approximate surface area is 134 Å². The normalized spacial score (nSPS) is 11.4. The molecule has 0 aromatic heterocycles. The molecule has 0 radical (unpaired) electrons. The number of benzene rings is 1. The Bertz CT molecular complexity index is 558. The van der Waals surface area contributed by atoms with Gasteiger partial charge in [0.05, 0.1) is 5.75 Å². The van der Waals surface area contributed by atoms with Gasteiger partial charge in [-0.1, -0.05) is 29.3 Å². The van der Waals surface area contributed by atoms with Crippen molar-refractivity contribution in [1.29, 1.82) is 0 Å². The maximum Gasteiger partial charge on any atom is 0.223 e. The molecule has 5 nitrogen and oxygen atoms in total. The van der Waals surface area contributed by atoms with Gasteiger partial charge < -0.3 is 4.90 Å². The standard InChI is InChI=1S/C14H21BrN2O3S/c1-3-4-11-21(19,20)16-9-10-17(12(2)18)14-7-5-13(15)6-8-14/h5-8,16H,3-4,9-11H2,1-2H3. The second-order valence-corrected chi connectivity index (χ2v) is 7.56. The molecule has 0 heterocycles. The molecule has 1 amide bonds. The van der Waals surface area contributed by atoms with Crippen LogP contribution in [0, 0.1) is 0 Å². The minimum absolute atomic E-state index is 0.120. The van der Waals surface area contributed by atoms with Gasteiger partial charge in [0.1, 0.15) is 0 Å². The molecule has 0 bridgehead atoms. The summed E-state index contributed by atoms with van der Waals surface area (Å²) in [5, 5.41) is 0. The lowest BCUT2D eigenvalue weighted by Crippen LogP contribution is -2.38. The Morgan fingerprint density at radius 2 is 1.90 bits per heavy atom. The van der Waals surface area contributed by atoms with Gasteiger partial charge in [-0.3, -0.25) is 4.79 Å². The number of anilines is 1. The highest BCUT2D eigenvalue weighted by atomic mass is 79.9. The van der Waals surface area contributed by atoms with Gasteiger partial charge in [0, 0.05) is 30.2 Å². The van der Waals surface area contributed by atoms with Crippen LogP contribution in [0.2, 0.25) is 0 Å². The fraction of sp³-hybridized carbons (Fsp3) is 0.500. The number of nitrogens with zero attached hydrogens (tertiary/aromatic N) is 1. The van der Waals surface area contributed by atoms with Crippen LogP contribution in [-0.2, 0) is 14.8 Å². The zero-order valence-electron chi connectivity index (χ0n) is 12.3. The fourth-order valence-electron chi connectivity index (χ4n) is 1.81. The van der Waals surface area contributed by atoms with Crippen molar-refractivity contribution in [3.05, 3.63) is 28.7 Å². The van der Waals surface area contributed by atoms with E-state index in [0.29, 0.717) is 13.0 Å². The first-order valence-corrected chi connectivity index (χ1v) is 9.31.